The van der Waals surface area contributed by atoms with E-state index in [1.54, 1.807) is 13.4 Å². The topological polar surface area (TPSA) is 71.8 Å². The van der Waals surface area contributed by atoms with E-state index in [2.05, 4.69) is 20.8 Å². The van der Waals surface area contributed by atoms with Gasteiger partial charge < -0.3 is 10.6 Å². The molecule has 0 spiro atoms. The van der Waals surface area contributed by atoms with Crippen LogP contribution in [0.2, 0.25) is 0 Å². The first-order valence-corrected chi connectivity index (χ1v) is 5.62. The van der Waals surface area contributed by atoms with Crippen LogP contribution in [-0.4, -0.2) is 34.3 Å². The minimum atomic E-state index is -0.0740. The molecule has 2 N–H and O–H groups in total. The van der Waals surface area contributed by atoms with E-state index >= 15 is 0 Å². The van der Waals surface area contributed by atoms with Crippen LogP contribution in [0.25, 0.3) is 5.69 Å². The van der Waals surface area contributed by atoms with Gasteiger partial charge in [-0.25, -0.2) is 0 Å². The maximum atomic E-state index is 11.5. The van der Waals surface area contributed by atoms with Crippen molar-refractivity contribution in [2.45, 2.75) is 6.92 Å². The second-order valence-electron chi connectivity index (χ2n) is 3.88. The summed E-state index contributed by atoms with van der Waals surface area (Å²) < 4.78 is 1.85. The number of amides is 1. The number of carbonyl (C=O) groups excluding carboxylic acids is 1. The summed E-state index contributed by atoms with van der Waals surface area (Å²) in [6.45, 7) is 2.16. The van der Waals surface area contributed by atoms with E-state index < -0.39 is 0 Å². The summed E-state index contributed by atoms with van der Waals surface area (Å²) in [5.41, 5.74) is 1.67. The zero-order chi connectivity index (χ0) is 13.0. The highest BCUT2D eigenvalue weighted by atomic mass is 16.1. The second kappa shape index (κ2) is 5.42. The molecule has 0 saturated carbocycles. The van der Waals surface area contributed by atoms with Gasteiger partial charge in [-0.3, -0.25) is 9.36 Å². The number of benzene rings is 1. The van der Waals surface area contributed by atoms with Gasteiger partial charge in [0.05, 0.1) is 12.2 Å². The molecule has 0 fully saturated rings. The van der Waals surface area contributed by atoms with Crippen LogP contribution in [0, 0.1) is 6.92 Å². The zero-order valence-electron chi connectivity index (χ0n) is 10.3. The molecule has 1 aromatic heterocycles. The molecule has 1 amide bonds. The van der Waals surface area contributed by atoms with Crippen molar-refractivity contribution < 1.29 is 4.79 Å². The summed E-state index contributed by atoms with van der Waals surface area (Å²) in [6, 6.07) is 7.54. The smallest absolute Gasteiger partial charge is 0.238 e. The molecule has 0 unspecified atom stereocenters. The number of likely N-dealkylation sites (N-methyl/N-ethyl adjacent to an activating group) is 1. The first-order valence-electron chi connectivity index (χ1n) is 5.62. The number of anilines is 1. The monoisotopic (exact) mass is 245 g/mol. The Morgan fingerprint density at radius 1 is 1.44 bits per heavy atom. The van der Waals surface area contributed by atoms with Crippen molar-refractivity contribution in [1.82, 2.24) is 20.1 Å². The third-order valence-electron chi connectivity index (χ3n) is 2.46. The van der Waals surface area contributed by atoms with E-state index in [4.69, 9.17) is 0 Å². The molecule has 0 aliphatic carbocycles. The van der Waals surface area contributed by atoms with Crippen molar-refractivity contribution in [2.24, 2.45) is 0 Å². The molecule has 0 aliphatic heterocycles. The SMILES string of the molecule is CNCC(=O)Nc1cccc(-n2cnnc2C)c1. The largest absolute Gasteiger partial charge is 0.325 e. The van der Waals surface area contributed by atoms with Crippen LogP contribution in [-0.2, 0) is 4.79 Å². The molecule has 0 saturated heterocycles. The normalized spacial score (nSPS) is 10.3. The third kappa shape index (κ3) is 2.72. The van der Waals surface area contributed by atoms with Crippen molar-refractivity contribution in [3.63, 3.8) is 0 Å². The van der Waals surface area contributed by atoms with Crippen LogP contribution in [0.3, 0.4) is 0 Å². The summed E-state index contributed by atoms with van der Waals surface area (Å²) in [7, 11) is 1.73. The molecule has 94 valence electrons. The highest BCUT2D eigenvalue weighted by Crippen LogP contribution is 2.15. The summed E-state index contributed by atoms with van der Waals surface area (Å²) in [5, 5.41) is 13.4. The quantitative estimate of drug-likeness (QED) is 0.833. The molecule has 2 rings (SSSR count). The Balaban J connectivity index is 2.20. The summed E-state index contributed by atoms with van der Waals surface area (Å²) in [5.74, 6) is 0.726. The van der Waals surface area contributed by atoms with E-state index in [1.807, 2.05) is 35.8 Å². The highest BCUT2D eigenvalue weighted by molar-refractivity contribution is 5.92. The standard InChI is InChI=1S/C12H15N5O/c1-9-16-14-8-17(9)11-5-3-4-10(6-11)15-12(18)7-13-2/h3-6,8,13H,7H2,1-2H3,(H,15,18). The molecule has 2 aromatic rings. The minimum Gasteiger partial charge on any atom is -0.325 e. The molecule has 0 atom stereocenters. The van der Waals surface area contributed by atoms with Gasteiger partial charge in [0.15, 0.2) is 0 Å². The Morgan fingerprint density at radius 3 is 2.94 bits per heavy atom. The fourth-order valence-corrected chi connectivity index (χ4v) is 1.65. The summed E-state index contributed by atoms with van der Waals surface area (Å²) in [4.78, 5) is 11.5. The fraction of sp³-hybridized carbons (Fsp3) is 0.250. The maximum absolute atomic E-state index is 11.5. The van der Waals surface area contributed by atoms with E-state index in [-0.39, 0.29) is 12.5 Å². The van der Waals surface area contributed by atoms with E-state index in [0.29, 0.717) is 0 Å². The first kappa shape index (κ1) is 12.3. The number of nitrogens with zero attached hydrogens (tertiary/aromatic N) is 3. The van der Waals surface area contributed by atoms with Crippen LogP contribution in [0.15, 0.2) is 30.6 Å². The van der Waals surface area contributed by atoms with E-state index in [1.165, 1.54) is 0 Å². The van der Waals surface area contributed by atoms with Crippen LogP contribution in [0.5, 0.6) is 0 Å². The average molecular weight is 245 g/mol. The Kier molecular flexibility index (Phi) is 3.69. The molecule has 6 nitrogen and oxygen atoms in total. The Bertz CT molecular complexity index is 549. The molecule has 0 bridgehead atoms. The minimum absolute atomic E-state index is 0.0740. The number of hydrogen-bond acceptors (Lipinski definition) is 4. The lowest BCUT2D eigenvalue weighted by atomic mass is 10.2. The number of aromatic nitrogens is 3. The van der Waals surface area contributed by atoms with Crippen molar-refractivity contribution in [3.8, 4) is 5.69 Å². The van der Waals surface area contributed by atoms with Gasteiger partial charge in [-0.05, 0) is 32.2 Å². The zero-order valence-corrected chi connectivity index (χ0v) is 10.3. The Labute approximate surface area is 105 Å². The molecular weight excluding hydrogens is 230 g/mol. The molecular formula is C12H15N5O. The van der Waals surface area contributed by atoms with Gasteiger partial charge in [0.2, 0.25) is 5.91 Å². The number of carbonyl (C=O) groups is 1. The predicted molar refractivity (Wildman–Crippen MR) is 68.7 cm³/mol. The molecule has 1 aromatic carbocycles. The van der Waals surface area contributed by atoms with Gasteiger partial charge in [-0.15, -0.1) is 10.2 Å². The molecule has 18 heavy (non-hydrogen) atoms. The maximum Gasteiger partial charge on any atom is 0.238 e. The third-order valence-corrected chi connectivity index (χ3v) is 2.46. The molecule has 6 heteroatoms. The van der Waals surface area contributed by atoms with Crippen LogP contribution >= 0.6 is 0 Å². The van der Waals surface area contributed by atoms with Gasteiger partial charge in [-0.2, -0.15) is 0 Å². The second-order valence-corrected chi connectivity index (χ2v) is 3.88. The van der Waals surface area contributed by atoms with Gasteiger partial charge in [0, 0.05) is 5.69 Å². The molecule has 1 heterocycles. The summed E-state index contributed by atoms with van der Waals surface area (Å²) in [6.07, 6.45) is 1.64. The van der Waals surface area contributed by atoms with Crippen LogP contribution in [0.1, 0.15) is 5.82 Å². The number of aryl methyl sites for hydroxylation is 1. The first-order chi connectivity index (χ1) is 8.70. The number of hydrogen-bond donors (Lipinski definition) is 2. The van der Waals surface area contributed by atoms with Crippen molar-refractivity contribution in [1.29, 1.82) is 0 Å². The molecule has 0 radical (unpaired) electrons. The van der Waals surface area contributed by atoms with Gasteiger partial charge in [-0.1, -0.05) is 6.07 Å². The van der Waals surface area contributed by atoms with Crippen LogP contribution in [0.4, 0.5) is 5.69 Å². The molecule has 0 aliphatic rings. The lowest BCUT2D eigenvalue weighted by Crippen LogP contribution is -2.25. The number of nitrogens with one attached hydrogen (secondary N) is 2. The highest BCUT2D eigenvalue weighted by Gasteiger charge is 2.04. The van der Waals surface area contributed by atoms with Gasteiger partial charge >= 0.3 is 0 Å². The Morgan fingerprint density at radius 2 is 2.28 bits per heavy atom. The van der Waals surface area contributed by atoms with Gasteiger partial charge in [0.25, 0.3) is 0 Å². The van der Waals surface area contributed by atoms with E-state index in [0.717, 1.165) is 17.2 Å². The van der Waals surface area contributed by atoms with Crippen molar-refractivity contribution >= 4 is 11.6 Å². The average Bonchev–Trinajstić information content (AvgIpc) is 2.76. The predicted octanol–water partition coefficient (Wildman–Crippen LogP) is 0.734. The number of rotatable bonds is 4. The lowest BCUT2D eigenvalue weighted by Gasteiger charge is -2.08. The van der Waals surface area contributed by atoms with Gasteiger partial charge in [0.1, 0.15) is 12.2 Å². The summed E-state index contributed by atoms with van der Waals surface area (Å²) >= 11 is 0. The van der Waals surface area contributed by atoms with Crippen molar-refractivity contribution in [2.75, 3.05) is 18.9 Å². The van der Waals surface area contributed by atoms with Crippen molar-refractivity contribution in [3.05, 3.63) is 36.4 Å². The Hall–Kier alpha value is -2.21. The van der Waals surface area contributed by atoms with E-state index in [9.17, 15) is 4.79 Å². The van der Waals surface area contributed by atoms with Crippen LogP contribution < -0.4 is 10.6 Å². The lowest BCUT2D eigenvalue weighted by molar-refractivity contribution is -0.115. The fourth-order valence-electron chi connectivity index (χ4n) is 1.65.